The number of rotatable bonds is 9. The fraction of sp³-hybridized carbons (Fsp3) is 0.800. The van der Waals surface area contributed by atoms with Crippen molar-refractivity contribution in [3.05, 3.63) is 18.2 Å². The second kappa shape index (κ2) is 8.30. The molecule has 18 heavy (non-hydrogen) atoms. The second-order valence-corrected chi connectivity index (χ2v) is 5.34. The lowest BCUT2D eigenvalue weighted by Gasteiger charge is -2.25. The van der Waals surface area contributed by atoms with E-state index in [9.17, 15) is 0 Å². The zero-order chi connectivity index (χ0) is 13.4. The minimum Gasteiger partial charge on any atom is -0.338 e. The molecule has 0 aliphatic carbocycles. The van der Waals surface area contributed by atoms with Crippen LogP contribution in [-0.2, 0) is 13.5 Å². The highest BCUT2D eigenvalue weighted by Crippen LogP contribution is 2.16. The maximum atomic E-state index is 4.45. The van der Waals surface area contributed by atoms with Gasteiger partial charge < -0.3 is 9.88 Å². The number of hydrogen-bond acceptors (Lipinski definition) is 2. The number of nitrogens with one attached hydrogen (secondary N) is 1. The number of unbranched alkanes of at least 4 members (excludes halogenated alkanes) is 1. The Hall–Kier alpha value is -0.830. The van der Waals surface area contributed by atoms with Gasteiger partial charge in [-0.3, -0.25) is 0 Å². The van der Waals surface area contributed by atoms with E-state index in [-0.39, 0.29) is 0 Å². The normalized spacial score (nSPS) is 14.7. The Morgan fingerprint density at radius 2 is 2.11 bits per heavy atom. The van der Waals surface area contributed by atoms with E-state index in [0.717, 1.165) is 13.0 Å². The Labute approximate surface area is 112 Å². The molecule has 0 aromatic carbocycles. The van der Waals surface area contributed by atoms with E-state index >= 15 is 0 Å². The summed E-state index contributed by atoms with van der Waals surface area (Å²) >= 11 is 0. The quantitative estimate of drug-likeness (QED) is 0.730. The van der Waals surface area contributed by atoms with Crippen molar-refractivity contribution in [3.8, 4) is 0 Å². The van der Waals surface area contributed by atoms with E-state index in [1.807, 2.05) is 12.4 Å². The predicted octanol–water partition coefficient (Wildman–Crippen LogP) is 3.16. The van der Waals surface area contributed by atoms with Gasteiger partial charge in [-0.2, -0.15) is 0 Å². The van der Waals surface area contributed by atoms with E-state index in [1.54, 1.807) is 0 Å². The first-order chi connectivity index (χ1) is 8.69. The van der Waals surface area contributed by atoms with Crippen LogP contribution in [0.15, 0.2) is 12.4 Å². The Kier molecular flexibility index (Phi) is 7.02. The van der Waals surface area contributed by atoms with E-state index in [2.05, 4.69) is 42.7 Å². The van der Waals surface area contributed by atoms with Crippen molar-refractivity contribution in [3.63, 3.8) is 0 Å². The predicted molar refractivity (Wildman–Crippen MR) is 77.7 cm³/mol. The molecule has 0 fully saturated rings. The molecular formula is C15H29N3. The zero-order valence-corrected chi connectivity index (χ0v) is 12.4. The van der Waals surface area contributed by atoms with Crippen LogP contribution in [0.4, 0.5) is 0 Å². The number of imidazole rings is 1. The van der Waals surface area contributed by atoms with Gasteiger partial charge in [-0.25, -0.2) is 4.98 Å². The molecule has 0 aliphatic heterocycles. The highest BCUT2D eigenvalue weighted by molar-refractivity contribution is 4.95. The molecule has 1 heterocycles. The van der Waals surface area contributed by atoms with E-state index in [4.69, 9.17) is 0 Å². The molecule has 1 N–H and O–H groups in total. The van der Waals surface area contributed by atoms with Crippen LogP contribution >= 0.6 is 0 Å². The Bertz CT molecular complexity index is 319. The highest BCUT2D eigenvalue weighted by Gasteiger charge is 2.18. The average molecular weight is 251 g/mol. The Balaban J connectivity index is 2.56. The minimum absolute atomic E-state index is 0.553. The maximum absolute atomic E-state index is 4.45. The lowest BCUT2D eigenvalue weighted by atomic mass is 9.93. The molecule has 0 spiro atoms. The molecule has 2 atom stereocenters. The molecule has 0 radical (unpaired) electrons. The fourth-order valence-corrected chi connectivity index (χ4v) is 2.32. The van der Waals surface area contributed by atoms with Gasteiger partial charge in [0.2, 0.25) is 0 Å². The molecule has 0 aliphatic rings. The van der Waals surface area contributed by atoms with Crippen LogP contribution in [0.2, 0.25) is 0 Å². The smallest absolute Gasteiger partial charge is 0.109 e. The molecule has 0 saturated carbocycles. The van der Waals surface area contributed by atoms with Crippen molar-refractivity contribution in [1.82, 2.24) is 14.9 Å². The first-order valence-electron chi connectivity index (χ1n) is 7.38. The molecular weight excluding hydrogens is 222 g/mol. The van der Waals surface area contributed by atoms with Crippen molar-refractivity contribution in [2.75, 3.05) is 6.54 Å². The van der Waals surface area contributed by atoms with Gasteiger partial charge in [0.25, 0.3) is 0 Å². The SMILES string of the molecule is CCCCC(C)C(Cc1nccn1C)NCCC. The van der Waals surface area contributed by atoms with Gasteiger partial charge in [-0.15, -0.1) is 0 Å². The molecule has 3 heteroatoms. The first kappa shape index (κ1) is 15.2. The topological polar surface area (TPSA) is 29.9 Å². The monoisotopic (exact) mass is 251 g/mol. The van der Waals surface area contributed by atoms with Crippen LogP contribution in [0.5, 0.6) is 0 Å². The van der Waals surface area contributed by atoms with Crippen molar-refractivity contribution < 1.29 is 0 Å². The number of aromatic nitrogens is 2. The van der Waals surface area contributed by atoms with Crippen LogP contribution in [0, 0.1) is 5.92 Å². The molecule has 1 aromatic rings. The summed E-state index contributed by atoms with van der Waals surface area (Å²) in [6.07, 6.45) is 10.1. The molecule has 1 aromatic heterocycles. The van der Waals surface area contributed by atoms with Crippen molar-refractivity contribution in [1.29, 1.82) is 0 Å². The summed E-state index contributed by atoms with van der Waals surface area (Å²) in [7, 11) is 2.08. The van der Waals surface area contributed by atoms with Gasteiger partial charge in [0.1, 0.15) is 5.82 Å². The van der Waals surface area contributed by atoms with Gasteiger partial charge in [0.15, 0.2) is 0 Å². The largest absolute Gasteiger partial charge is 0.338 e. The molecule has 3 nitrogen and oxygen atoms in total. The summed E-state index contributed by atoms with van der Waals surface area (Å²) in [5.41, 5.74) is 0. The fourth-order valence-electron chi connectivity index (χ4n) is 2.32. The number of aryl methyl sites for hydroxylation is 1. The third-order valence-electron chi connectivity index (χ3n) is 3.68. The average Bonchev–Trinajstić information content (AvgIpc) is 2.77. The minimum atomic E-state index is 0.553. The molecule has 0 bridgehead atoms. The van der Waals surface area contributed by atoms with Gasteiger partial charge in [0, 0.05) is 31.9 Å². The molecule has 0 saturated heterocycles. The van der Waals surface area contributed by atoms with Gasteiger partial charge >= 0.3 is 0 Å². The Morgan fingerprint density at radius 1 is 1.33 bits per heavy atom. The molecule has 0 amide bonds. The molecule has 2 unspecified atom stereocenters. The highest BCUT2D eigenvalue weighted by atomic mass is 15.0. The van der Waals surface area contributed by atoms with Crippen molar-refractivity contribution in [2.45, 2.75) is 58.9 Å². The van der Waals surface area contributed by atoms with Crippen LogP contribution in [0.1, 0.15) is 52.3 Å². The summed E-state index contributed by atoms with van der Waals surface area (Å²) < 4.78 is 2.13. The van der Waals surface area contributed by atoms with Crippen molar-refractivity contribution in [2.24, 2.45) is 13.0 Å². The third kappa shape index (κ3) is 4.81. The number of hydrogen-bond donors (Lipinski definition) is 1. The van der Waals surface area contributed by atoms with Crippen LogP contribution in [0.3, 0.4) is 0 Å². The van der Waals surface area contributed by atoms with E-state index < -0.39 is 0 Å². The van der Waals surface area contributed by atoms with Gasteiger partial charge in [0.05, 0.1) is 0 Å². The standard InChI is InChI=1S/C15H29N3/c1-5-7-8-13(3)14(16-9-6-2)12-15-17-10-11-18(15)4/h10-11,13-14,16H,5-9,12H2,1-4H3. The summed E-state index contributed by atoms with van der Waals surface area (Å²) in [5.74, 6) is 1.90. The van der Waals surface area contributed by atoms with Crippen LogP contribution in [0.25, 0.3) is 0 Å². The summed E-state index contributed by atoms with van der Waals surface area (Å²) in [6, 6.07) is 0.553. The summed E-state index contributed by atoms with van der Waals surface area (Å²) in [6.45, 7) is 7.96. The van der Waals surface area contributed by atoms with E-state index in [0.29, 0.717) is 12.0 Å². The van der Waals surface area contributed by atoms with Crippen LogP contribution < -0.4 is 5.32 Å². The second-order valence-electron chi connectivity index (χ2n) is 5.34. The van der Waals surface area contributed by atoms with Crippen molar-refractivity contribution >= 4 is 0 Å². The lowest BCUT2D eigenvalue weighted by Crippen LogP contribution is -2.38. The number of nitrogens with zero attached hydrogens (tertiary/aromatic N) is 2. The Morgan fingerprint density at radius 3 is 2.67 bits per heavy atom. The van der Waals surface area contributed by atoms with E-state index in [1.165, 1.54) is 31.5 Å². The lowest BCUT2D eigenvalue weighted by molar-refractivity contribution is 0.341. The van der Waals surface area contributed by atoms with Gasteiger partial charge in [-0.05, 0) is 25.3 Å². The molecule has 1 rings (SSSR count). The summed E-state index contributed by atoms with van der Waals surface area (Å²) in [4.78, 5) is 4.45. The third-order valence-corrected chi connectivity index (χ3v) is 3.68. The molecule has 104 valence electrons. The van der Waals surface area contributed by atoms with Crippen LogP contribution in [-0.4, -0.2) is 22.1 Å². The maximum Gasteiger partial charge on any atom is 0.109 e. The van der Waals surface area contributed by atoms with Gasteiger partial charge in [-0.1, -0.05) is 33.6 Å². The zero-order valence-electron chi connectivity index (χ0n) is 12.4. The first-order valence-corrected chi connectivity index (χ1v) is 7.38. The summed E-state index contributed by atoms with van der Waals surface area (Å²) in [5, 5.41) is 3.69.